The first-order valence-corrected chi connectivity index (χ1v) is 7.73. The van der Waals surface area contributed by atoms with Crippen LogP contribution in [-0.4, -0.2) is 42.1 Å². The summed E-state index contributed by atoms with van der Waals surface area (Å²) in [5.74, 6) is 0.391. The summed E-state index contributed by atoms with van der Waals surface area (Å²) >= 11 is 0. The largest absolute Gasteiger partial charge is 0.384 e. The average molecular weight is 291 g/mol. The summed E-state index contributed by atoms with van der Waals surface area (Å²) in [6.07, 6.45) is 5.29. The highest BCUT2D eigenvalue weighted by atomic mass is 16.5. The standard InChI is InChI=1S/C16H25N3O2/c1-3-6-13-9-12(10-15(17)18-13)16(20)19(2)11-14-7-4-5-8-21-14/h9-10,14H,3-8,11H2,1-2H3,(H2,17,18). The van der Waals surface area contributed by atoms with Gasteiger partial charge in [0, 0.05) is 31.5 Å². The molecule has 0 spiro atoms. The summed E-state index contributed by atoms with van der Waals surface area (Å²) in [6, 6.07) is 3.50. The van der Waals surface area contributed by atoms with Crippen LogP contribution in [0.3, 0.4) is 0 Å². The van der Waals surface area contributed by atoms with Gasteiger partial charge in [0.05, 0.1) is 6.10 Å². The quantitative estimate of drug-likeness (QED) is 0.903. The topological polar surface area (TPSA) is 68.5 Å². The molecule has 2 N–H and O–H groups in total. The Bertz CT molecular complexity index is 484. The Labute approximate surface area is 126 Å². The number of carbonyl (C=O) groups excluding carboxylic acids is 1. The lowest BCUT2D eigenvalue weighted by Gasteiger charge is -2.27. The number of amides is 1. The van der Waals surface area contributed by atoms with Gasteiger partial charge in [0.15, 0.2) is 0 Å². The lowest BCUT2D eigenvalue weighted by Crippen LogP contribution is -2.37. The Balaban J connectivity index is 2.03. The van der Waals surface area contributed by atoms with Crippen LogP contribution >= 0.6 is 0 Å². The Kier molecular flexibility index (Phi) is 5.56. The van der Waals surface area contributed by atoms with Crippen LogP contribution in [0.15, 0.2) is 12.1 Å². The van der Waals surface area contributed by atoms with Gasteiger partial charge in [0.25, 0.3) is 5.91 Å². The van der Waals surface area contributed by atoms with Gasteiger partial charge in [-0.25, -0.2) is 4.98 Å². The van der Waals surface area contributed by atoms with Gasteiger partial charge >= 0.3 is 0 Å². The monoisotopic (exact) mass is 291 g/mol. The number of nitrogens with two attached hydrogens (primary N) is 1. The summed E-state index contributed by atoms with van der Waals surface area (Å²) < 4.78 is 5.69. The molecule has 1 unspecified atom stereocenters. The number of anilines is 1. The van der Waals surface area contributed by atoms with E-state index in [9.17, 15) is 4.79 Å². The van der Waals surface area contributed by atoms with Crippen LogP contribution in [0.1, 0.15) is 48.7 Å². The average Bonchev–Trinajstić information content (AvgIpc) is 2.47. The Morgan fingerprint density at radius 3 is 2.95 bits per heavy atom. The fourth-order valence-corrected chi connectivity index (χ4v) is 2.68. The summed E-state index contributed by atoms with van der Waals surface area (Å²) in [6.45, 7) is 3.51. The smallest absolute Gasteiger partial charge is 0.253 e. The van der Waals surface area contributed by atoms with Crippen molar-refractivity contribution in [2.24, 2.45) is 0 Å². The zero-order chi connectivity index (χ0) is 15.2. The minimum Gasteiger partial charge on any atom is -0.384 e. The number of aromatic nitrogens is 1. The van der Waals surface area contributed by atoms with Gasteiger partial charge in [-0.1, -0.05) is 13.3 Å². The predicted molar refractivity (Wildman–Crippen MR) is 83.2 cm³/mol. The van der Waals surface area contributed by atoms with Crippen LogP contribution in [0, 0.1) is 0 Å². The number of carbonyl (C=O) groups is 1. The fourth-order valence-electron chi connectivity index (χ4n) is 2.68. The summed E-state index contributed by atoms with van der Waals surface area (Å²) in [5, 5.41) is 0. The first kappa shape index (κ1) is 15.8. The molecule has 0 bridgehead atoms. The Hall–Kier alpha value is -1.62. The number of likely N-dealkylation sites (N-methyl/N-ethyl adjacent to an activating group) is 1. The van der Waals surface area contributed by atoms with Crippen LogP contribution in [0.25, 0.3) is 0 Å². The van der Waals surface area contributed by atoms with Gasteiger partial charge in [-0.2, -0.15) is 0 Å². The van der Waals surface area contributed by atoms with Gasteiger partial charge in [-0.05, 0) is 37.8 Å². The number of nitrogen functional groups attached to an aromatic ring is 1. The van der Waals surface area contributed by atoms with Crippen LogP contribution in [0.2, 0.25) is 0 Å². The van der Waals surface area contributed by atoms with Crippen molar-refractivity contribution >= 4 is 11.7 Å². The molecule has 0 radical (unpaired) electrons. The maximum atomic E-state index is 12.5. The molecule has 0 saturated carbocycles. The Morgan fingerprint density at radius 2 is 2.29 bits per heavy atom. The van der Waals surface area contributed by atoms with E-state index in [1.165, 1.54) is 6.42 Å². The first-order valence-electron chi connectivity index (χ1n) is 7.73. The molecule has 0 aliphatic carbocycles. The zero-order valence-electron chi connectivity index (χ0n) is 13.0. The molecule has 2 rings (SSSR count). The number of aryl methyl sites for hydroxylation is 1. The highest BCUT2D eigenvalue weighted by molar-refractivity contribution is 5.94. The van der Waals surface area contributed by atoms with Crippen molar-refractivity contribution in [3.8, 4) is 0 Å². The number of ether oxygens (including phenoxy) is 1. The van der Waals surface area contributed by atoms with Gasteiger partial charge in [0.2, 0.25) is 0 Å². The van der Waals surface area contributed by atoms with Crippen molar-refractivity contribution < 1.29 is 9.53 Å². The zero-order valence-corrected chi connectivity index (χ0v) is 13.0. The molecule has 1 aliphatic heterocycles. The van der Waals surface area contributed by atoms with Crippen LogP contribution in [0.5, 0.6) is 0 Å². The second kappa shape index (κ2) is 7.41. The van der Waals surface area contributed by atoms with E-state index < -0.39 is 0 Å². The molecular formula is C16H25N3O2. The highest BCUT2D eigenvalue weighted by Gasteiger charge is 2.20. The lowest BCUT2D eigenvalue weighted by atomic mass is 10.1. The number of rotatable bonds is 5. The first-order chi connectivity index (χ1) is 10.1. The molecule has 5 heteroatoms. The van der Waals surface area contributed by atoms with E-state index in [1.54, 1.807) is 11.0 Å². The Morgan fingerprint density at radius 1 is 1.48 bits per heavy atom. The predicted octanol–water partition coefficient (Wildman–Crippen LogP) is 2.26. The third-order valence-electron chi connectivity index (χ3n) is 3.75. The molecule has 1 aromatic heterocycles. The van der Waals surface area contributed by atoms with E-state index in [-0.39, 0.29) is 12.0 Å². The van der Waals surface area contributed by atoms with Crippen LogP contribution in [0.4, 0.5) is 5.82 Å². The number of hydrogen-bond acceptors (Lipinski definition) is 4. The number of nitrogens with zero attached hydrogens (tertiary/aromatic N) is 2. The third-order valence-corrected chi connectivity index (χ3v) is 3.75. The molecule has 2 heterocycles. The van der Waals surface area contributed by atoms with Crippen molar-refractivity contribution in [3.63, 3.8) is 0 Å². The van der Waals surface area contributed by atoms with Crippen LogP contribution < -0.4 is 5.73 Å². The second-order valence-corrected chi connectivity index (χ2v) is 5.70. The molecule has 5 nitrogen and oxygen atoms in total. The summed E-state index contributed by atoms with van der Waals surface area (Å²) in [5.41, 5.74) is 7.30. The van der Waals surface area contributed by atoms with E-state index in [0.717, 1.165) is 38.0 Å². The van der Waals surface area contributed by atoms with Crippen molar-refractivity contribution in [3.05, 3.63) is 23.4 Å². The fraction of sp³-hybridized carbons (Fsp3) is 0.625. The minimum atomic E-state index is -0.0179. The van der Waals surface area contributed by atoms with E-state index in [0.29, 0.717) is 17.9 Å². The van der Waals surface area contributed by atoms with E-state index in [1.807, 2.05) is 13.1 Å². The van der Waals surface area contributed by atoms with Crippen molar-refractivity contribution in [1.29, 1.82) is 0 Å². The maximum Gasteiger partial charge on any atom is 0.253 e. The molecule has 1 amide bonds. The summed E-state index contributed by atoms with van der Waals surface area (Å²) in [7, 11) is 1.82. The third kappa shape index (κ3) is 4.43. The second-order valence-electron chi connectivity index (χ2n) is 5.70. The lowest BCUT2D eigenvalue weighted by molar-refractivity contribution is -0.000188. The summed E-state index contributed by atoms with van der Waals surface area (Å²) in [4.78, 5) is 18.5. The van der Waals surface area contributed by atoms with Crippen molar-refractivity contribution in [2.45, 2.75) is 45.1 Å². The molecule has 1 aliphatic rings. The van der Waals surface area contributed by atoms with Crippen molar-refractivity contribution in [2.75, 3.05) is 25.9 Å². The molecule has 1 atom stereocenters. The van der Waals surface area contributed by atoms with E-state index >= 15 is 0 Å². The maximum absolute atomic E-state index is 12.5. The molecule has 0 aromatic carbocycles. The molecule has 21 heavy (non-hydrogen) atoms. The highest BCUT2D eigenvalue weighted by Crippen LogP contribution is 2.16. The van der Waals surface area contributed by atoms with Gasteiger partial charge in [-0.3, -0.25) is 4.79 Å². The molecule has 1 saturated heterocycles. The van der Waals surface area contributed by atoms with Gasteiger partial charge in [-0.15, -0.1) is 0 Å². The molecule has 116 valence electrons. The minimum absolute atomic E-state index is 0.0179. The number of hydrogen-bond donors (Lipinski definition) is 1. The van der Waals surface area contributed by atoms with E-state index in [2.05, 4.69) is 11.9 Å². The van der Waals surface area contributed by atoms with Gasteiger partial charge < -0.3 is 15.4 Å². The SMILES string of the molecule is CCCc1cc(C(=O)N(C)CC2CCCCO2)cc(N)n1. The van der Waals surface area contributed by atoms with Crippen LogP contribution in [-0.2, 0) is 11.2 Å². The normalized spacial score (nSPS) is 18.5. The van der Waals surface area contributed by atoms with Crippen molar-refractivity contribution in [1.82, 2.24) is 9.88 Å². The molecule has 1 aromatic rings. The number of pyridine rings is 1. The van der Waals surface area contributed by atoms with Gasteiger partial charge in [0.1, 0.15) is 5.82 Å². The van der Waals surface area contributed by atoms with E-state index in [4.69, 9.17) is 10.5 Å². The molecular weight excluding hydrogens is 266 g/mol. The molecule has 1 fully saturated rings.